The number of nitrogens with one attached hydrogen (secondary N) is 1. The van der Waals surface area contributed by atoms with Crippen molar-refractivity contribution in [1.29, 1.82) is 0 Å². The van der Waals surface area contributed by atoms with Crippen LogP contribution in [-0.2, 0) is 0 Å². The van der Waals surface area contributed by atoms with Gasteiger partial charge < -0.3 is 10.7 Å². The Labute approximate surface area is 66.8 Å². The number of fused-ring (bicyclic) bond motifs is 1. The topological polar surface area (TPSA) is 97.0 Å². The normalized spacial score (nSPS) is 10.3. The van der Waals surface area contributed by atoms with Gasteiger partial charge in [-0.05, 0) is 5.18 Å². The summed E-state index contributed by atoms with van der Waals surface area (Å²) in [4.78, 5) is 20.7. The lowest BCUT2D eigenvalue weighted by Crippen LogP contribution is -1.90. The van der Waals surface area contributed by atoms with Crippen LogP contribution in [0.15, 0.2) is 17.7 Å². The molecule has 0 aliphatic rings. The van der Waals surface area contributed by atoms with Crippen molar-refractivity contribution >= 4 is 22.5 Å². The van der Waals surface area contributed by atoms with E-state index in [4.69, 9.17) is 5.73 Å². The maximum atomic E-state index is 10.2. The molecule has 0 fully saturated rings. The molecule has 0 unspecified atom stereocenters. The van der Waals surface area contributed by atoms with Crippen molar-refractivity contribution < 1.29 is 0 Å². The molecule has 0 amide bonds. The molecule has 6 nitrogen and oxygen atoms in total. The zero-order chi connectivity index (χ0) is 8.55. The van der Waals surface area contributed by atoms with Crippen molar-refractivity contribution in [2.45, 2.75) is 0 Å². The molecule has 2 aromatic rings. The van der Waals surface area contributed by atoms with Crippen LogP contribution in [0.5, 0.6) is 0 Å². The number of nitrogens with two attached hydrogens (primary N) is 1. The average molecular weight is 163 g/mol. The van der Waals surface area contributed by atoms with Gasteiger partial charge in [-0.15, -0.1) is 4.91 Å². The van der Waals surface area contributed by atoms with Gasteiger partial charge in [0.25, 0.3) is 0 Å². The summed E-state index contributed by atoms with van der Waals surface area (Å²) in [7, 11) is 0. The van der Waals surface area contributed by atoms with E-state index in [1.54, 1.807) is 0 Å². The number of H-pyrrole nitrogens is 1. The molecule has 2 heterocycles. The van der Waals surface area contributed by atoms with Gasteiger partial charge in [-0.25, -0.2) is 9.97 Å². The van der Waals surface area contributed by atoms with Crippen molar-refractivity contribution in [2.24, 2.45) is 5.18 Å². The first kappa shape index (κ1) is 6.71. The highest BCUT2D eigenvalue weighted by Crippen LogP contribution is 2.24. The van der Waals surface area contributed by atoms with E-state index in [1.807, 2.05) is 0 Å². The molecule has 0 saturated carbocycles. The van der Waals surface area contributed by atoms with Crippen LogP contribution in [0.25, 0.3) is 11.0 Å². The number of aromatic nitrogens is 3. The number of rotatable bonds is 1. The van der Waals surface area contributed by atoms with Gasteiger partial charge in [-0.2, -0.15) is 0 Å². The van der Waals surface area contributed by atoms with Gasteiger partial charge in [-0.3, -0.25) is 0 Å². The lowest BCUT2D eigenvalue weighted by Gasteiger charge is -1.93. The first-order valence-electron chi connectivity index (χ1n) is 3.24. The van der Waals surface area contributed by atoms with Gasteiger partial charge in [-0.1, -0.05) is 0 Å². The van der Waals surface area contributed by atoms with Crippen LogP contribution in [0.1, 0.15) is 0 Å². The van der Waals surface area contributed by atoms with Crippen LogP contribution in [0.3, 0.4) is 0 Å². The molecule has 2 aromatic heterocycles. The van der Waals surface area contributed by atoms with Gasteiger partial charge in [0.1, 0.15) is 16.9 Å². The predicted octanol–water partition coefficient (Wildman–Crippen LogP) is 0.938. The Bertz CT molecular complexity index is 434. The summed E-state index contributed by atoms with van der Waals surface area (Å²) in [5.74, 6) is 0.315. The van der Waals surface area contributed by atoms with E-state index in [0.29, 0.717) is 16.9 Å². The molecule has 0 atom stereocenters. The minimum absolute atomic E-state index is 0.195. The highest BCUT2D eigenvalue weighted by atomic mass is 16.3. The molecular weight excluding hydrogens is 158 g/mol. The number of hydrogen-bond donors (Lipinski definition) is 2. The summed E-state index contributed by atoms with van der Waals surface area (Å²) in [6.45, 7) is 0. The van der Waals surface area contributed by atoms with E-state index in [-0.39, 0.29) is 5.69 Å². The monoisotopic (exact) mass is 163 g/mol. The van der Waals surface area contributed by atoms with E-state index < -0.39 is 0 Å². The third kappa shape index (κ3) is 0.746. The molecule has 3 N–H and O–H groups in total. The van der Waals surface area contributed by atoms with E-state index in [0.717, 1.165) is 0 Å². The molecule has 2 rings (SSSR count). The summed E-state index contributed by atoms with van der Waals surface area (Å²) < 4.78 is 0. The summed E-state index contributed by atoms with van der Waals surface area (Å²) in [5, 5.41) is 2.76. The van der Waals surface area contributed by atoms with Crippen LogP contribution in [-0.4, -0.2) is 15.0 Å². The first-order valence-corrected chi connectivity index (χ1v) is 3.24. The molecule has 0 spiro atoms. The van der Waals surface area contributed by atoms with Crippen LogP contribution in [0, 0.1) is 4.91 Å². The molecular formula is C6H5N5O. The maximum Gasteiger partial charge on any atom is 0.154 e. The Kier molecular flexibility index (Phi) is 1.26. The van der Waals surface area contributed by atoms with Crippen molar-refractivity contribution in [1.82, 2.24) is 15.0 Å². The highest BCUT2D eigenvalue weighted by Gasteiger charge is 2.07. The minimum atomic E-state index is 0.195. The van der Waals surface area contributed by atoms with E-state index in [9.17, 15) is 4.91 Å². The predicted molar refractivity (Wildman–Crippen MR) is 43.8 cm³/mol. The zero-order valence-corrected chi connectivity index (χ0v) is 5.98. The van der Waals surface area contributed by atoms with Crippen molar-refractivity contribution in [2.75, 3.05) is 5.73 Å². The fourth-order valence-electron chi connectivity index (χ4n) is 1.01. The Morgan fingerprint density at radius 2 is 2.33 bits per heavy atom. The van der Waals surface area contributed by atoms with Crippen LogP contribution < -0.4 is 5.73 Å². The number of nitrogen functional groups attached to an aromatic ring is 1. The molecule has 0 saturated heterocycles. The molecule has 0 radical (unpaired) electrons. The van der Waals surface area contributed by atoms with Crippen LogP contribution >= 0.6 is 0 Å². The summed E-state index contributed by atoms with van der Waals surface area (Å²) in [6.07, 6.45) is 2.74. The highest BCUT2D eigenvalue weighted by molar-refractivity contribution is 5.92. The first-order chi connectivity index (χ1) is 5.83. The van der Waals surface area contributed by atoms with Gasteiger partial charge >= 0.3 is 0 Å². The number of anilines is 1. The smallest absolute Gasteiger partial charge is 0.154 e. The largest absolute Gasteiger partial charge is 0.382 e. The number of pyridine rings is 1. The van der Waals surface area contributed by atoms with E-state index in [2.05, 4.69) is 20.1 Å². The molecule has 0 aliphatic heterocycles. The standard InChI is InChI=1S/C6H5N5O/c7-6-5-4(9-2-10-5)3(11-12)1-8-6/h1-2H,(H2,7,8)(H,9,10). The Hall–Kier alpha value is -1.98. The van der Waals surface area contributed by atoms with Gasteiger partial charge in [0, 0.05) is 0 Å². The van der Waals surface area contributed by atoms with Crippen LogP contribution in [0.2, 0.25) is 0 Å². The number of hydrogen-bond acceptors (Lipinski definition) is 5. The van der Waals surface area contributed by atoms with Gasteiger partial charge in [0.05, 0.1) is 12.5 Å². The maximum absolute atomic E-state index is 10.2. The molecule has 0 bridgehead atoms. The second kappa shape index (κ2) is 2.26. The number of aromatic amines is 1. The molecule has 0 aliphatic carbocycles. The third-order valence-electron chi connectivity index (χ3n) is 1.56. The second-order valence-corrected chi connectivity index (χ2v) is 2.25. The molecule has 12 heavy (non-hydrogen) atoms. The summed E-state index contributed by atoms with van der Waals surface area (Å²) in [5.41, 5.74) is 6.70. The van der Waals surface area contributed by atoms with Crippen molar-refractivity contribution in [3.63, 3.8) is 0 Å². The number of nitrogens with zero attached hydrogens (tertiary/aromatic N) is 3. The minimum Gasteiger partial charge on any atom is -0.382 e. The second-order valence-electron chi connectivity index (χ2n) is 2.25. The van der Waals surface area contributed by atoms with E-state index in [1.165, 1.54) is 12.5 Å². The number of imidazole rings is 1. The summed E-state index contributed by atoms with van der Waals surface area (Å²) >= 11 is 0. The van der Waals surface area contributed by atoms with E-state index >= 15 is 0 Å². The third-order valence-corrected chi connectivity index (χ3v) is 1.56. The fraction of sp³-hybridized carbons (Fsp3) is 0. The molecule has 60 valence electrons. The van der Waals surface area contributed by atoms with Crippen LogP contribution in [0.4, 0.5) is 11.5 Å². The van der Waals surface area contributed by atoms with Gasteiger partial charge in [0.2, 0.25) is 0 Å². The summed E-state index contributed by atoms with van der Waals surface area (Å²) in [6, 6.07) is 0. The number of nitroso groups, excluding NO2 is 1. The zero-order valence-electron chi connectivity index (χ0n) is 5.98. The fourth-order valence-corrected chi connectivity index (χ4v) is 1.01. The molecule has 0 aromatic carbocycles. The Balaban J connectivity index is 2.91. The molecule has 6 heteroatoms. The Morgan fingerprint density at radius 1 is 1.50 bits per heavy atom. The lowest BCUT2D eigenvalue weighted by molar-refractivity contribution is 1.32. The quantitative estimate of drug-likeness (QED) is 0.611. The van der Waals surface area contributed by atoms with Gasteiger partial charge in [0.15, 0.2) is 5.69 Å². The SMILES string of the molecule is Nc1ncc(N=O)c2nc[nH]c12. The van der Waals surface area contributed by atoms with Crippen molar-refractivity contribution in [3.8, 4) is 0 Å². The van der Waals surface area contributed by atoms with Crippen molar-refractivity contribution in [3.05, 3.63) is 17.4 Å². The Morgan fingerprint density at radius 3 is 3.08 bits per heavy atom. The lowest BCUT2D eigenvalue weighted by atomic mass is 10.3. The average Bonchev–Trinajstić information content (AvgIpc) is 2.54.